The first kappa shape index (κ1) is 9.00. The Kier molecular flexibility index (Phi) is 2.35. The molecule has 1 aromatic carbocycles. The van der Waals surface area contributed by atoms with E-state index in [4.69, 9.17) is 0 Å². The smallest absolute Gasteiger partial charge is 0.0946 e. The molecule has 0 aliphatic heterocycles. The summed E-state index contributed by atoms with van der Waals surface area (Å²) in [4.78, 5) is 4.30. The number of rotatable bonds is 2. The van der Waals surface area contributed by atoms with Crippen LogP contribution in [0.5, 0.6) is 0 Å². The predicted octanol–water partition coefficient (Wildman–Crippen LogP) is 2.32. The third-order valence-electron chi connectivity index (χ3n) is 2.23. The van der Waals surface area contributed by atoms with Crippen LogP contribution < -0.4 is 0 Å². The maximum Gasteiger partial charge on any atom is 0.0946 e. The summed E-state index contributed by atoms with van der Waals surface area (Å²) in [5.41, 5.74) is 3.75. The van der Waals surface area contributed by atoms with Crippen LogP contribution in [-0.2, 0) is 13.5 Å². The van der Waals surface area contributed by atoms with Crippen molar-refractivity contribution >= 4 is 0 Å². The summed E-state index contributed by atoms with van der Waals surface area (Å²) in [6.45, 7) is 2.11. The number of aromatic nitrogens is 2. The summed E-state index contributed by atoms with van der Waals surface area (Å²) in [5.74, 6) is 0. The largest absolute Gasteiger partial charge is 0.340 e. The van der Waals surface area contributed by atoms with Crippen molar-refractivity contribution in [1.82, 2.24) is 9.55 Å². The minimum Gasteiger partial charge on any atom is -0.340 e. The second kappa shape index (κ2) is 3.66. The highest BCUT2D eigenvalue weighted by Gasteiger charge is 1.98. The molecule has 2 nitrogen and oxygen atoms in total. The lowest BCUT2D eigenvalue weighted by Gasteiger charge is -1.99. The van der Waals surface area contributed by atoms with E-state index < -0.39 is 0 Å². The van der Waals surface area contributed by atoms with Crippen molar-refractivity contribution < 1.29 is 0 Å². The zero-order valence-corrected chi connectivity index (χ0v) is 8.57. The van der Waals surface area contributed by atoms with E-state index in [0.29, 0.717) is 0 Å². The molecule has 2 rings (SSSR count). The van der Waals surface area contributed by atoms with Gasteiger partial charge in [0.05, 0.1) is 12.0 Å². The van der Waals surface area contributed by atoms with Crippen molar-refractivity contribution in [2.24, 2.45) is 7.05 Å². The molecule has 72 valence electrons. The van der Waals surface area contributed by atoms with E-state index in [-0.39, 0.29) is 0 Å². The molecular weight excluding hydrogens is 172 g/mol. The number of aryl methyl sites for hydroxylation is 2. The normalized spacial score (nSPS) is 10.4. The number of hydrogen-bond acceptors (Lipinski definition) is 1. The van der Waals surface area contributed by atoms with Crippen LogP contribution in [0.4, 0.5) is 0 Å². The quantitative estimate of drug-likeness (QED) is 0.703. The number of nitrogens with zero attached hydrogens (tertiary/aromatic N) is 2. The molecule has 0 amide bonds. The van der Waals surface area contributed by atoms with Crippen molar-refractivity contribution in [3.8, 4) is 0 Å². The Labute approximate surface area is 84.2 Å². The molecule has 0 spiro atoms. The lowest BCUT2D eigenvalue weighted by Crippen LogP contribution is -1.88. The molecule has 1 aromatic heterocycles. The lowest BCUT2D eigenvalue weighted by atomic mass is 10.1. The Hall–Kier alpha value is -1.57. The summed E-state index contributed by atoms with van der Waals surface area (Å²) in [5, 5.41) is 0. The van der Waals surface area contributed by atoms with Gasteiger partial charge in [-0.2, -0.15) is 0 Å². The molecule has 0 N–H and O–H groups in total. The Morgan fingerprint density at radius 2 is 2.21 bits per heavy atom. The van der Waals surface area contributed by atoms with Gasteiger partial charge in [0, 0.05) is 19.7 Å². The van der Waals surface area contributed by atoms with Gasteiger partial charge in [-0.25, -0.2) is 4.98 Å². The second-order valence-corrected chi connectivity index (χ2v) is 3.70. The molecule has 0 fully saturated rings. The topological polar surface area (TPSA) is 17.8 Å². The molecule has 14 heavy (non-hydrogen) atoms. The van der Waals surface area contributed by atoms with Crippen molar-refractivity contribution in [3.05, 3.63) is 53.6 Å². The van der Waals surface area contributed by atoms with Crippen LogP contribution in [0.15, 0.2) is 36.8 Å². The minimum absolute atomic E-state index is 0.919. The first-order chi connectivity index (χ1) is 6.74. The molecule has 0 bridgehead atoms. The summed E-state index contributed by atoms with van der Waals surface area (Å²) < 4.78 is 1.98. The van der Waals surface area contributed by atoms with Gasteiger partial charge in [-0.3, -0.25) is 0 Å². The minimum atomic E-state index is 0.919. The van der Waals surface area contributed by atoms with Gasteiger partial charge in [0.2, 0.25) is 0 Å². The average molecular weight is 186 g/mol. The lowest BCUT2D eigenvalue weighted by molar-refractivity contribution is 0.912. The molecule has 0 saturated heterocycles. The standard InChI is InChI=1S/C12H14N2/c1-10-4-3-5-11(6-10)7-12-8-14(2)9-13-12/h3-6,8-9H,7H2,1-2H3. The molecule has 0 unspecified atom stereocenters. The summed E-state index contributed by atoms with van der Waals surface area (Å²) >= 11 is 0. The fraction of sp³-hybridized carbons (Fsp3) is 0.250. The van der Waals surface area contributed by atoms with Gasteiger partial charge in [0.1, 0.15) is 0 Å². The van der Waals surface area contributed by atoms with Crippen molar-refractivity contribution in [3.63, 3.8) is 0 Å². The molecule has 2 heteroatoms. The predicted molar refractivity (Wildman–Crippen MR) is 57.2 cm³/mol. The van der Waals surface area contributed by atoms with E-state index >= 15 is 0 Å². The van der Waals surface area contributed by atoms with Crippen molar-refractivity contribution in [2.75, 3.05) is 0 Å². The third-order valence-corrected chi connectivity index (χ3v) is 2.23. The molecule has 0 aliphatic carbocycles. The summed E-state index contributed by atoms with van der Waals surface area (Å²) in [6, 6.07) is 8.55. The average Bonchev–Trinajstić information content (AvgIpc) is 2.51. The monoisotopic (exact) mass is 186 g/mol. The van der Waals surface area contributed by atoms with Crippen LogP contribution >= 0.6 is 0 Å². The molecular formula is C12H14N2. The van der Waals surface area contributed by atoms with Crippen molar-refractivity contribution in [2.45, 2.75) is 13.3 Å². The van der Waals surface area contributed by atoms with E-state index in [1.54, 1.807) is 0 Å². The van der Waals surface area contributed by atoms with Gasteiger partial charge in [0.15, 0.2) is 0 Å². The van der Waals surface area contributed by atoms with Crippen LogP contribution in [0.2, 0.25) is 0 Å². The van der Waals surface area contributed by atoms with Crippen LogP contribution in [0.3, 0.4) is 0 Å². The number of benzene rings is 1. The zero-order valence-electron chi connectivity index (χ0n) is 8.57. The molecule has 2 aromatic rings. The maximum atomic E-state index is 4.30. The zero-order chi connectivity index (χ0) is 9.97. The molecule has 0 atom stereocenters. The Morgan fingerprint density at radius 3 is 2.86 bits per heavy atom. The fourth-order valence-corrected chi connectivity index (χ4v) is 1.59. The fourth-order valence-electron chi connectivity index (χ4n) is 1.59. The van der Waals surface area contributed by atoms with E-state index in [1.165, 1.54) is 11.1 Å². The van der Waals surface area contributed by atoms with Crippen LogP contribution in [0.25, 0.3) is 0 Å². The number of imidazole rings is 1. The highest BCUT2D eigenvalue weighted by molar-refractivity contribution is 5.25. The summed E-state index contributed by atoms with van der Waals surface area (Å²) in [6.07, 6.45) is 4.82. The molecule has 0 aliphatic rings. The van der Waals surface area contributed by atoms with Gasteiger partial charge < -0.3 is 4.57 Å². The molecule has 0 radical (unpaired) electrons. The second-order valence-electron chi connectivity index (χ2n) is 3.70. The third kappa shape index (κ3) is 2.02. The SMILES string of the molecule is Cc1cccc(Cc2cn(C)cn2)c1. The van der Waals surface area contributed by atoms with Gasteiger partial charge in [0.25, 0.3) is 0 Å². The first-order valence-electron chi connectivity index (χ1n) is 4.76. The molecule has 0 saturated carbocycles. The highest BCUT2D eigenvalue weighted by Crippen LogP contribution is 2.08. The number of hydrogen-bond donors (Lipinski definition) is 0. The first-order valence-corrected chi connectivity index (χ1v) is 4.76. The van der Waals surface area contributed by atoms with Crippen molar-refractivity contribution in [1.29, 1.82) is 0 Å². The van der Waals surface area contributed by atoms with E-state index in [1.807, 2.05) is 17.9 Å². The highest BCUT2D eigenvalue weighted by atomic mass is 15.0. The van der Waals surface area contributed by atoms with Gasteiger partial charge >= 0.3 is 0 Å². The van der Waals surface area contributed by atoms with Crippen LogP contribution in [0.1, 0.15) is 16.8 Å². The van der Waals surface area contributed by atoms with Gasteiger partial charge in [-0.05, 0) is 12.5 Å². The van der Waals surface area contributed by atoms with E-state index in [2.05, 4.69) is 42.4 Å². The van der Waals surface area contributed by atoms with Crippen LogP contribution in [0, 0.1) is 6.92 Å². The Balaban J connectivity index is 2.18. The molecule has 1 heterocycles. The Morgan fingerprint density at radius 1 is 1.36 bits per heavy atom. The van der Waals surface area contributed by atoms with E-state index in [9.17, 15) is 0 Å². The van der Waals surface area contributed by atoms with Gasteiger partial charge in [-0.1, -0.05) is 29.8 Å². The maximum absolute atomic E-state index is 4.30. The van der Waals surface area contributed by atoms with Crippen LogP contribution in [-0.4, -0.2) is 9.55 Å². The Bertz CT molecular complexity index is 429. The summed E-state index contributed by atoms with van der Waals surface area (Å²) in [7, 11) is 1.99. The van der Waals surface area contributed by atoms with Gasteiger partial charge in [-0.15, -0.1) is 0 Å². The van der Waals surface area contributed by atoms with E-state index in [0.717, 1.165) is 12.1 Å².